The molecule has 8 heteroatoms. The fourth-order valence-corrected chi connectivity index (χ4v) is 3.46. The first-order valence-electron chi connectivity index (χ1n) is 7.65. The lowest BCUT2D eigenvalue weighted by atomic mass is 10.2. The van der Waals surface area contributed by atoms with Crippen molar-refractivity contribution in [2.24, 2.45) is 0 Å². The smallest absolute Gasteiger partial charge is 0.357 e. The van der Waals surface area contributed by atoms with Crippen LogP contribution >= 0.6 is 11.3 Å². The van der Waals surface area contributed by atoms with Crippen LogP contribution < -0.4 is 5.73 Å². The number of aromatic amines is 1. The molecular formula is C18H13N5O2S. The highest BCUT2D eigenvalue weighted by atomic mass is 32.1. The molecule has 0 spiro atoms. The SMILES string of the molecule is COC(=O)c1c(N)c(C#N)cn1-c1ccc2nc(-c3cccs3)[nH]c2c1. The molecule has 0 atom stereocenters. The Bertz CT molecular complexity index is 1160. The molecule has 0 saturated carbocycles. The van der Waals surface area contributed by atoms with Crippen molar-refractivity contribution in [1.82, 2.24) is 14.5 Å². The number of nitriles is 1. The molecule has 0 aliphatic heterocycles. The van der Waals surface area contributed by atoms with Gasteiger partial charge in [0.2, 0.25) is 0 Å². The van der Waals surface area contributed by atoms with Gasteiger partial charge in [-0.05, 0) is 29.6 Å². The molecule has 0 fully saturated rings. The third kappa shape index (κ3) is 2.42. The van der Waals surface area contributed by atoms with Crippen LogP contribution in [0.5, 0.6) is 0 Å². The summed E-state index contributed by atoms with van der Waals surface area (Å²) in [5.74, 6) is 0.179. The number of hydrogen-bond donors (Lipinski definition) is 2. The van der Waals surface area contributed by atoms with Crippen LogP contribution in [0.15, 0.2) is 41.9 Å². The first kappa shape index (κ1) is 15.9. The zero-order valence-corrected chi connectivity index (χ0v) is 14.5. The van der Waals surface area contributed by atoms with Crippen LogP contribution in [-0.2, 0) is 4.74 Å². The minimum absolute atomic E-state index is 0.100. The van der Waals surface area contributed by atoms with Gasteiger partial charge in [0.05, 0.1) is 34.3 Å². The van der Waals surface area contributed by atoms with Crippen LogP contribution in [0, 0.1) is 11.3 Å². The summed E-state index contributed by atoms with van der Waals surface area (Å²) in [6, 6.07) is 11.5. The number of imidazole rings is 1. The van der Waals surface area contributed by atoms with Gasteiger partial charge in [-0.25, -0.2) is 9.78 Å². The summed E-state index contributed by atoms with van der Waals surface area (Å²) in [6.45, 7) is 0. The van der Waals surface area contributed by atoms with E-state index >= 15 is 0 Å². The number of rotatable bonds is 3. The molecule has 0 aliphatic carbocycles. The number of esters is 1. The van der Waals surface area contributed by atoms with Gasteiger partial charge in [0.15, 0.2) is 5.69 Å². The predicted molar refractivity (Wildman–Crippen MR) is 99.2 cm³/mol. The second kappa shape index (κ2) is 6.06. The molecule has 0 bridgehead atoms. The average Bonchev–Trinajstić information content (AvgIpc) is 3.38. The van der Waals surface area contributed by atoms with Gasteiger partial charge in [-0.15, -0.1) is 11.3 Å². The molecule has 0 unspecified atom stereocenters. The molecule has 1 aromatic carbocycles. The summed E-state index contributed by atoms with van der Waals surface area (Å²) < 4.78 is 6.37. The summed E-state index contributed by atoms with van der Waals surface area (Å²) in [5, 5.41) is 11.2. The number of nitrogens with two attached hydrogens (primary N) is 1. The number of H-pyrrole nitrogens is 1. The lowest BCUT2D eigenvalue weighted by Crippen LogP contribution is -2.11. The van der Waals surface area contributed by atoms with Crippen molar-refractivity contribution in [3.8, 4) is 22.5 Å². The highest BCUT2D eigenvalue weighted by Gasteiger charge is 2.22. The number of anilines is 1. The minimum Gasteiger partial charge on any atom is -0.464 e. The van der Waals surface area contributed by atoms with Gasteiger partial charge in [-0.1, -0.05) is 6.07 Å². The average molecular weight is 363 g/mol. The molecule has 3 aromatic heterocycles. The number of carbonyl (C=O) groups excluding carboxylic acids is 1. The topological polar surface area (TPSA) is 110 Å². The van der Waals surface area contributed by atoms with E-state index in [0.29, 0.717) is 5.69 Å². The Balaban J connectivity index is 1.87. The molecular weight excluding hydrogens is 350 g/mol. The summed E-state index contributed by atoms with van der Waals surface area (Å²) in [5.41, 5.74) is 8.68. The lowest BCUT2D eigenvalue weighted by Gasteiger charge is -2.08. The van der Waals surface area contributed by atoms with E-state index in [1.54, 1.807) is 15.9 Å². The number of benzene rings is 1. The number of ether oxygens (including phenoxy) is 1. The van der Waals surface area contributed by atoms with E-state index in [4.69, 9.17) is 10.5 Å². The maximum absolute atomic E-state index is 12.1. The summed E-state index contributed by atoms with van der Waals surface area (Å²) >= 11 is 1.60. The van der Waals surface area contributed by atoms with Gasteiger partial charge in [0, 0.05) is 11.9 Å². The molecule has 3 heterocycles. The van der Waals surface area contributed by atoms with Crippen LogP contribution in [0.3, 0.4) is 0 Å². The minimum atomic E-state index is -0.604. The van der Waals surface area contributed by atoms with Crippen LogP contribution in [0.2, 0.25) is 0 Å². The number of methoxy groups -OCH3 is 1. The monoisotopic (exact) mass is 363 g/mol. The molecule has 26 heavy (non-hydrogen) atoms. The summed E-state index contributed by atoms with van der Waals surface area (Å²) in [4.78, 5) is 21.0. The number of thiophene rings is 1. The third-order valence-corrected chi connectivity index (χ3v) is 4.92. The zero-order chi connectivity index (χ0) is 18.3. The number of aromatic nitrogens is 3. The van der Waals surface area contributed by atoms with Crippen molar-refractivity contribution in [3.05, 3.63) is 53.2 Å². The Morgan fingerprint density at radius 3 is 2.96 bits per heavy atom. The molecule has 0 radical (unpaired) electrons. The van der Waals surface area contributed by atoms with Crippen LogP contribution in [-0.4, -0.2) is 27.6 Å². The van der Waals surface area contributed by atoms with E-state index in [2.05, 4.69) is 9.97 Å². The first-order chi connectivity index (χ1) is 12.6. The number of nitrogens with one attached hydrogen (secondary N) is 1. The Labute approximate surface area is 152 Å². The fraction of sp³-hybridized carbons (Fsp3) is 0.0556. The molecule has 3 N–H and O–H groups in total. The van der Waals surface area contributed by atoms with Gasteiger partial charge in [-0.3, -0.25) is 0 Å². The maximum Gasteiger partial charge on any atom is 0.357 e. The fourth-order valence-electron chi connectivity index (χ4n) is 2.80. The van der Waals surface area contributed by atoms with Crippen LogP contribution in [0.4, 0.5) is 5.69 Å². The van der Waals surface area contributed by atoms with Crippen molar-refractivity contribution in [1.29, 1.82) is 5.26 Å². The Morgan fingerprint density at radius 1 is 1.42 bits per heavy atom. The van der Waals surface area contributed by atoms with E-state index in [0.717, 1.165) is 21.7 Å². The standard InChI is InChI=1S/C18H13N5O2S/c1-25-18(24)16-15(20)10(8-19)9-23(16)11-4-5-12-13(7-11)22-17(21-12)14-3-2-6-26-14/h2-7,9H,20H2,1H3,(H,21,22). The van der Waals surface area contributed by atoms with Crippen molar-refractivity contribution in [2.45, 2.75) is 0 Å². The third-order valence-electron chi connectivity index (χ3n) is 4.04. The molecule has 7 nitrogen and oxygen atoms in total. The van der Waals surface area contributed by atoms with Gasteiger partial charge in [0.25, 0.3) is 0 Å². The highest BCUT2D eigenvalue weighted by Crippen LogP contribution is 2.28. The second-order valence-electron chi connectivity index (χ2n) is 5.54. The van der Waals surface area contributed by atoms with Crippen LogP contribution in [0.1, 0.15) is 16.1 Å². The van der Waals surface area contributed by atoms with E-state index in [1.165, 1.54) is 13.3 Å². The molecule has 4 aromatic rings. The van der Waals surface area contributed by atoms with Crippen molar-refractivity contribution < 1.29 is 9.53 Å². The van der Waals surface area contributed by atoms with E-state index in [1.807, 2.05) is 41.8 Å². The Kier molecular flexibility index (Phi) is 3.71. The number of fused-ring (bicyclic) bond motifs is 1. The van der Waals surface area contributed by atoms with Gasteiger partial charge >= 0.3 is 5.97 Å². The zero-order valence-electron chi connectivity index (χ0n) is 13.7. The predicted octanol–water partition coefficient (Wildman–Crippen LogP) is 3.32. The van der Waals surface area contributed by atoms with E-state index in [-0.39, 0.29) is 16.9 Å². The van der Waals surface area contributed by atoms with E-state index in [9.17, 15) is 10.1 Å². The summed E-state index contributed by atoms with van der Waals surface area (Å²) in [7, 11) is 1.27. The second-order valence-corrected chi connectivity index (χ2v) is 6.49. The number of nitrogen functional groups attached to an aromatic ring is 1. The van der Waals surface area contributed by atoms with Crippen LogP contribution in [0.25, 0.3) is 27.4 Å². The maximum atomic E-state index is 12.1. The summed E-state index contributed by atoms with van der Waals surface area (Å²) in [6.07, 6.45) is 1.53. The molecule has 0 aliphatic rings. The van der Waals surface area contributed by atoms with Gasteiger partial charge in [-0.2, -0.15) is 5.26 Å². The molecule has 128 valence electrons. The number of nitrogens with zero attached hydrogens (tertiary/aromatic N) is 3. The van der Waals surface area contributed by atoms with Gasteiger partial charge in [0.1, 0.15) is 11.9 Å². The Morgan fingerprint density at radius 2 is 2.27 bits per heavy atom. The quantitative estimate of drug-likeness (QED) is 0.543. The van der Waals surface area contributed by atoms with E-state index < -0.39 is 5.97 Å². The number of hydrogen-bond acceptors (Lipinski definition) is 6. The van der Waals surface area contributed by atoms with Gasteiger partial charge < -0.3 is 20.0 Å². The van der Waals surface area contributed by atoms with Crippen molar-refractivity contribution in [2.75, 3.05) is 12.8 Å². The van der Waals surface area contributed by atoms with Crippen molar-refractivity contribution in [3.63, 3.8) is 0 Å². The first-order valence-corrected chi connectivity index (χ1v) is 8.53. The molecule has 0 amide bonds. The Hall–Kier alpha value is -3.57. The largest absolute Gasteiger partial charge is 0.464 e. The highest BCUT2D eigenvalue weighted by molar-refractivity contribution is 7.13. The van der Waals surface area contributed by atoms with Crippen molar-refractivity contribution >= 4 is 34.0 Å². The number of carbonyl (C=O) groups is 1. The molecule has 0 saturated heterocycles. The molecule has 4 rings (SSSR count). The normalized spacial score (nSPS) is 10.8. The lowest BCUT2D eigenvalue weighted by molar-refractivity contribution is 0.0593.